The van der Waals surface area contributed by atoms with E-state index in [9.17, 15) is 0 Å². The van der Waals surface area contributed by atoms with Crippen molar-refractivity contribution in [3.63, 3.8) is 0 Å². The Morgan fingerprint density at radius 3 is 2.33 bits per heavy atom. The second-order valence-corrected chi connectivity index (χ2v) is 11.3. The third-order valence-corrected chi connectivity index (χ3v) is 13.8. The first kappa shape index (κ1) is 7.39. The summed E-state index contributed by atoms with van der Waals surface area (Å²) >= 11 is 6.48. The van der Waals surface area contributed by atoms with E-state index in [-0.39, 0.29) is 0 Å². The fraction of sp³-hybridized carbons (Fsp3) is 1.00. The van der Waals surface area contributed by atoms with E-state index in [4.69, 9.17) is 0 Å². The van der Waals surface area contributed by atoms with Crippen LogP contribution in [0.2, 0.25) is 10.6 Å². The Hall–Kier alpha value is 1.74. The second-order valence-electron chi connectivity index (χ2n) is 1.98. The summed E-state index contributed by atoms with van der Waals surface area (Å²) in [6.07, 6.45) is 0. The van der Waals surface area contributed by atoms with Crippen molar-refractivity contribution < 1.29 is 0 Å². The monoisotopic (exact) mass is 292 g/mol. The van der Waals surface area contributed by atoms with Crippen LogP contribution in [0.3, 0.4) is 0 Å². The van der Waals surface area contributed by atoms with E-state index in [1.54, 1.807) is 10.6 Å². The van der Waals surface area contributed by atoms with Gasteiger partial charge < -0.3 is 0 Å². The molecule has 0 nitrogen and oxygen atoms in total. The Morgan fingerprint density at radius 2 is 1.78 bits per heavy atom. The topological polar surface area (TPSA) is 0 Å². The molecule has 9 heavy (non-hydrogen) atoms. The fourth-order valence-electron chi connectivity index (χ4n) is 0.874. The van der Waals surface area contributed by atoms with Crippen LogP contribution in [-0.4, -0.2) is 43.3 Å². The maximum atomic E-state index is 2.22. The van der Waals surface area contributed by atoms with Gasteiger partial charge in [-0.15, -0.1) is 0 Å². The van der Waals surface area contributed by atoms with Crippen molar-refractivity contribution in [2.45, 2.75) is 18.9 Å². The summed E-state index contributed by atoms with van der Waals surface area (Å²) in [4.78, 5) is 0. The standard InChI is InChI=1S/C5H8S2Se2/c1-4-6-3-7-5(9-4)2-8-1/h4-5H,1-3H2. The van der Waals surface area contributed by atoms with Crippen LogP contribution in [0.5, 0.6) is 0 Å². The van der Waals surface area contributed by atoms with Crippen LogP contribution >= 0.6 is 23.5 Å². The summed E-state index contributed by atoms with van der Waals surface area (Å²) in [5.41, 5.74) is 0. The summed E-state index contributed by atoms with van der Waals surface area (Å²) < 4.78 is 2.27. The van der Waals surface area contributed by atoms with E-state index >= 15 is 0 Å². The summed E-state index contributed by atoms with van der Waals surface area (Å²) in [6, 6.07) is 0. The zero-order valence-corrected chi connectivity index (χ0v) is 9.97. The molecule has 2 saturated heterocycles. The first-order valence-corrected chi connectivity index (χ1v) is 9.41. The van der Waals surface area contributed by atoms with Gasteiger partial charge in [0, 0.05) is 0 Å². The van der Waals surface area contributed by atoms with Crippen LogP contribution in [-0.2, 0) is 0 Å². The molecule has 2 bridgehead atoms. The van der Waals surface area contributed by atoms with Crippen molar-refractivity contribution >= 4 is 53.4 Å². The average molecular weight is 290 g/mol. The minimum absolute atomic E-state index is 1.01. The molecule has 0 saturated carbocycles. The Morgan fingerprint density at radius 1 is 1.11 bits per heavy atom. The third kappa shape index (κ3) is 1.85. The van der Waals surface area contributed by atoms with Crippen molar-refractivity contribution in [1.29, 1.82) is 0 Å². The predicted octanol–water partition coefficient (Wildman–Crippen LogP) is 1.33. The molecule has 2 aliphatic heterocycles. The molecule has 2 heterocycles. The van der Waals surface area contributed by atoms with Crippen molar-refractivity contribution in [3.8, 4) is 0 Å². The fourth-order valence-corrected chi connectivity index (χ4v) is 15.8. The van der Waals surface area contributed by atoms with Gasteiger partial charge in [-0.2, -0.15) is 0 Å². The molecule has 2 fully saturated rings. The molecule has 52 valence electrons. The molecule has 0 amide bonds. The Labute approximate surface area is 77.0 Å². The first-order chi connectivity index (χ1) is 4.45. The van der Waals surface area contributed by atoms with E-state index in [2.05, 4.69) is 23.5 Å². The summed E-state index contributed by atoms with van der Waals surface area (Å²) in [6.45, 7) is 0. The van der Waals surface area contributed by atoms with E-state index < -0.39 is 0 Å². The second kappa shape index (κ2) is 3.42. The summed E-state index contributed by atoms with van der Waals surface area (Å²) in [5, 5.41) is 4.58. The first-order valence-electron chi connectivity index (χ1n) is 2.91. The predicted molar refractivity (Wildman–Crippen MR) is 48.7 cm³/mol. The van der Waals surface area contributed by atoms with Gasteiger partial charge in [0.15, 0.2) is 0 Å². The SMILES string of the molecule is C1SC2C[Se]CC(S1)[Se]2. The van der Waals surface area contributed by atoms with Crippen LogP contribution in [0.1, 0.15) is 0 Å². The van der Waals surface area contributed by atoms with Gasteiger partial charge in [0.25, 0.3) is 0 Å². The minimum atomic E-state index is 1.01. The number of rotatable bonds is 0. The molecule has 0 aromatic heterocycles. The molecular weight excluding hydrogens is 282 g/mol. The summed E-state index contributed by atoms with van der Waals surface area (Å²) in [7, 11) is 0. The van der Waals surface area contributed by atoms with E-state index in [1.165, 1.54) is 5.08 Å². The molecule has 2 rings (SSSR count). The Bertz CT molecular complexity index is 89.1. The van der Waals surface area contributed by atoms with Crippen LogP contribution < -0.4 is 0 Å². The van der Waals surface area contributed by atoms with Gasteiger partial charge in [-0.25, -0.2) is 0 Å². The van der Waals surface area contributed by atoms with Gasteiger partial charge in [0.05, 0.1) is 0 Å². The molecule has 0 radical (unpaired) electrons. The van der Waals surface area contributed by atoms with Crippen LogP contribution in [0.4, 0.5) is 0 Å². The maximum absolute atomic E-state index is 2.22. The molecule has 2 aliphatic rings. The van der Waals surface area contributed by atoms with Crippen molar-refractivity contribution in [3.05, 3.63) is 0 Å². The Balaban J connectivity index is 1.96. The van der Waals surface area contributed by atoms with Gasteiger partial charge in [0.2, 0.25) is 0 Å². The molecule has 2 atom stereocenters. The van der Waals surface area contributed by atoms with Gasteiger partial charge >= 0.3 is 77.5 Å². The van der Waals surface area contributed by atoms with Gasteiger partial charge in [-0.05, 0) is 0 Å². The van der Waals surface area contributed by atoms with Crippen molar-refractivity contribution in [2.75, 3.05) is 5.08 Å². The number of hydrogen-bond donors (Lipinski definition) is 0. The Kier molecular flexibility index (Phi) is 2.81. The molecule has 2 unspecified atom stereocenters. The van der Waals surface area contributed by atoms with Crippen molar-refractivity contribution in [2.24, 2.45) is 0 Å². The normalized spacial score (nSPS) is 42.7. The quantitative estimate of drug-likeness (QED) is 0.617. The van der Waals surface area contributed by atoms with Gasteiger partial charge in [0.1, 0.15) is 0 Å². The van der Waals surface area contributed by atoms with E-state index in [0.29, 0.717) is 0 Å². The van der Waals surface area contributed by atoms with Crippen LogP contribution in [0.15, 0.2) is 0 Å². The molecular formula is C5H8S2Se2. The van der Waals surface area contributed by atoms with Crippen LogP contribution in [0.25, 0.3) is 0 Å². The molecule has 4 heteroatoms. The zero-order chi connectivity index (χ0) is 6.10. The molecule has 0 aliphatic carbocycles. The third-order valence-electron chi connectivity index (χ3n) is 1.32. The molecule has 0 aromatic carbocycles. The number of hydrogen-bond acceptors (Lipinski definition) is 2. The zero-order valence-electron chi connectivity index (χ0n) is 4.91. The number of fused-ring (bicyclic) bond motifs is 2. The average Bonchev–Trinajstić information content (AvgIpc) is 1.88. The van der Waals surface area contributed by atoms with Crippen LogP contribution in [0, 0.1) is 0 Å². The summed E-state index contributed by atoms with van der Waals surface area (Å²) in [5.74, 6) is 0. The molecule has 0 N–H and O–H groups in total. The molecule has 0 aromatic rings. The number of thioether (sulfide) groups is 2. The van der Waals surface area contributed by atoms with Crippen molar-refractivity contribution in [1.82, 2.24) is 0 Å². The van der Waals surface area contributed by atoms with E-state index in [1.807, 2.05) is 0 Å². The van der Waals surface area contributed by atoms with E-state index in [0.717, 1.165) is 38.2 Å². The molecule has 0 spiro atoms. The van der Waals surface area contributed by atoms with Gasteiger partial charge in [-0.1, -0.05) is 0 Å². The van der Waals surface area contributed by atoms with Gasteiger partial charge in [-0.3, -0.25) is 0 Å².